The second-order valence-corrected chi connectivity index (χ2v) is 10.0. The predicted molar refractivity (Wildman–Crippen MR) is 121 cm³/mol. The third-order valence-corrected chi connectivity index (χ3v) is 7.89. The van der Waals surface area contributed by atoms with Crippen LogP contribution in [0.5, 0.6) is 11.5 Å². The third-order valence-electron chi connectivity index (χ3n) is 6.00. The summed E-state index contributed by atoms with van der Waals surface area (Å²) < 4.78 is 45.2. The molecule has 1 fully saturated rings. The number of rotatable bonds is 5. The Kier molecular flexibility index (Phi) is 6.05. The molecule has 1 unspecified atom stereocenters. The molecule has 0 saturated carbocycles. The van der Waals surface area contributed by atoms with Crippen molar-refractivity contribution in [3.05, 3.63) is 54.4 Å². The normalized spacial score (nSPS) is 18.6. The minimum Gasteiger partial charge on any atom is -0.490 e. The van der Waals surface area contributed by atoms with Crippen LogP contribution in [0.25, 0.3) is 11.5 Å². The molecule has 3 aromatic rings. The van der Waals surface area contributed by atoms with Gasteiger partial charge in [-0.25, -0.2) is 8.42 Å². The van der Waals surface area contributed by atoms with E-state index in [-0.39, 0.29) is 10.9 Å². The second kappa shape index (κ2) is 9.12. The summed E-state index contributed by atoms with van der Waals surface area (Å²) in [5.74, 6) is 2.06. The molecular weight excluding hydrogens is 444 g/mol. The Bertz CT molecular complexity index is 1210. The van der Waals surface area contributed by atoms with Gasteiger partial charge in [0.15, 0.2) is 11.5 Å². The van der Waals surface area contributed by atoms with Crippen molar-refractivity contribution in [3.8, 4) is 23.0 Å². The fourth-order valence-electron chi connectivity index (χ4n) is 4.04. The standard InChI is InChI=1S/C23H26N4O5S/c1-17(22-24-25-23(32-22)18-6-3-2-4-7-18)26-10-12-27(13-11-26)33(28,29)19-8-9-20-21(16-19)31-15-5-14-30-20/h2-4,6-9,16-17H,5,10-15H2,1H3. The molecule has 1 atom stereocenters. The van der Waals surface area contributed by atoms with Gasteiger partial charge in [0.1, 0.15) is 0 Å². The number of hydrogen-bond acceptors (Lipinski definition) is 8. The quantitative estimate of drug-likeness (QED) is 0.561. The Labute approximate surface area is 193 Å². The summed E-state index contributed by atoms with van der Waals surface area (Å²) in [6.07, 6.45) is 0.768. The molecule has 0 amide bonds. The van der Waals surface area contributed by atoms with Gasteiger partial charge in [-0.15, -0.1) is 10.2 Å². The van der Waals surface area contributed by atoms with Crippen molar-refractivity contribution in [2.45, 2.75) is 24.3 Å². The van der Waals surface area contributed by atoms with Crippen LogP contribution in [0, 0.1) is 0 Å². The zero-order valence-electron chi connectivity index (χ0n) is 18.4. The Morgan fingerprint density at radius 2 is 1.64 bits per heavy atom. The van der Waals surface area contributed by atoms with Crippen molar-refractivity contribution in [2.24, 2.45) is 0 Å². The molecule has 1 saturated heterocycles. The summed E-state index contributed by atoms with van der Waals surface area (Å²) in [6.45, 7) is 4.95. The van der Waals surface area contributed by atoms with Crippen LogP contribution >= 0.6 is 0 Å². The topological polar surface area (TPSA) is 98.0 Å². The molecule has 0 N–H and O–H groups in total. The van der Waals surface area contributed by atoms with Crippen LogP contribution in [0.15, 0.2) is 57.8 Å². The van der Waals surface area contributed by atoms with E-state index in [4.69, 9.17) is 13.9 Å². The smallest absolute Gasteiger partial charge is 0.247 e. The van der Waals surface area contributed by atoms with E-state index < -0.39 is 10.0 Å². The molecule has 0 radical (unpaired) electrons. The van der Waals surface area contributed by atoms with Crippen LogP contribution in [0.4, 0.5) is 0 Å². The molecular formula is C23H26N4O5S. The Morgan fingerprint density at radius 3 is 2.39 bits per heavy atom. The predicted octanol–water partition coefficient (Wildman–Crippen LogP) is 2.97. The van der Waals surface area contributed by atoms with Crippen LogP contribution in [0.1, 0.15) is 25.3 Å². The summed E-state index contributed by atoms with van der Waals surface area (Å²) in [5, 5.41) is 8.38. The lowest BCUT2D eigenvalue weighted by atomic mass is 10.2. The van der Waals surface area contributed by atoms with E-state index in [0.717, 1.165) is 12.0 Å². The molecule has 3 heterocycles. The number of ether oxygens (including phenoxy) is 2. The SMILES string of the molecule is CC(c1nnc(-c2ccccc2)o1)N1CCN(S(=O)(=O)c2ccc3c(c2)OCCCO3)CC1. The Balaban J connectivity index is 1.25. The molecule has 0 bridgehead atoms. The first-order valence-corrected chi connectivity index (χ1v) is 12.5. The van der Waals surface area contributed by atoms with Gasteiger partial charge in [0, 0.05) is 44.2 Å². The van der Waals surface area contributed by atoms with Crippen LogP contribution in [-0.2, 0) is 10.0 Å². The zero-order chi connectivity index (χ0) is 22.8. The molecule has 10 heteroatoms. The number of aromatic nitrogens is 2. The molecule has 2 aliphatic heterocycles. The average Bonchev–Trinajstić information content (AvgIpc) is 3.23. The van der Waals surface area contributed by atoms with Gasteiger partial charge in [-0.3, -0.25) is 4.90 Å². The number of nitrogens with zero attached hydrogens (tertiary/aromatic N) is 4. The number of benzene rings is 2. The van der Waals surface area contributed by atoms with E-state index in [1.54, 1.807) is 18.2 Å². The zero-order valence-corrected chi connectivity index (χ0v) is 19.2. The fraction of sp³-hybridized carbons (Fsp3) is 0.391. The molecule has 33 heavy (non-hydrogen) atoms. The number of sulfonamides is 1. The first-order valence-electron chi connectivity index (χ1n) is 11.0. The van der Waals surface area contributed by atoms with Gasteiger partial charge in [-0.1, -0.05) is 18.2 Å². The largest absolute Gasteiger partial charge is 0.490 e. The second-order valence-electron chi connectivity index (χ2n) is 8.09. The molecule has 9 nitrogen and oxygen atoms in total. The van der Waals surface area contributed by atoms with Gasteiger partial charge in [0.05, 0.1) is 24.2 Å². The summed E-state index contributed by atoms with van der Waals surface area (Å²) in [7, 11) is -3.63. The lowest BCUT2D eigenvalue weighted by Gasteiger charge is -2.36. The minimum atomic E-state index is -3.63. The van der Waals surface area contributed by atoms with E-state index in [1.807, 2.05) is 37.3 Å². The maximum atomic E-state index is 13.2. The maximum absolute atomic E-state index is 13.2. The van der Waals surface area contributed by atoms with Crippen molar-refractivity contribution in [1.82, 2.24) is 19.4 Å². The van der Waals surface area contributed by atoms with E-state index in [0.29, 0.717) is 62.7 Å². The first kappa shape index (κ1) is 21.9. The Hall–Kier alpha value is -2.95. The highest BCUT2D eigenvalue weighted by molar-refractivity contribution is 7.89. The average molecular weight is 471 g/mol. The summed E-state index contributed by atoms with van der Waals surface area (Å²) in [4.78, 5) is 2.38. The molecule has 174 valence electrons. The van der Waals surface area contributed by atoms with E-state index in [1.165, 1.54) is 4.31 Å². The van der Waals surface area contributed by atoms with Gasteiger partial charge in [0.2, 0.25) is 21.8 Å². The van der Waals surface area contributed by atoms with Crippen LogP contribution in [0.2, 0.25) is 0 Å². The van der Waals surface area contributed by atoms with Gasteiger partial charge >= 0.3 is 0 Å². The van der Waals surface area contributed by atoms with Crippen LogP contribution < -0.4 is 9.47 Å². The van der Waals surface area contributed by atoms with Crippen molar-refractivity contribution in [3.63, 3.8) is 0 Å². The fourth-order valence-corrected chi connectivity index (χ4v) is 5.48. The molecule has 2 aromatic carbocycles. The number of hydrogen-bond donors (Lipinski definition) is 0. The van der Waals surface area contributed by atoms with E-state index in [9.17, 15) is 8.42 Å². The lowest BCUT2D eigenvalue weighted by molar-refractivity contribution is 0.129. The molecule has 1 aromatic heterocycles. The summed E-state index contributed by atoms with van der Waals surface area (Å²) >= 11 is 0. The van der Waals surface area contributed by atoms with E-state index >= 15 is 0 Å². The highest BCUT2D eigenvalue weighted by Gasteiger charge is 2.32. The van der Waals surface area contributed by atoms with Crippen molar-refractivity contribution in [2.75, 3.05) is 39.4 Å². The van der Waals surface area contributed by atoms with Crippen LogP contribution in [0.3, 0.4) is 0 Å². The van der Waals surface area contributed by atoms with Gasteiger partial charge in [0.25, 0.3) is 0 Å². The van der Waals surface area contributed by atoms with Crippen LogP contribution in [-0.4, -0.2) is 67.2 Å². The molecule has 0 spiro atoms. The Morgan fingerprint density at radius 1 is 0.909 bits per heavy atom. The highest BCUT2D eigenvalue weighted by atomic mass is 32.2. The number of fused-ring (bicyclic) bond motifs is 1. The highest BCUT2D eigenvalue weighted by Crippen LogP contribution is 2.33. The lowest BCUT2D eigenvalue weighted by Crippen LogP contribution is -2.49. The number of piperazine rings is 1. The maximum Gasteiger partial charge on any atom is 0.247 e. The van der Waals surface area contributed by atoms with Crippen molar-refractivity contribution >= 4 is 10.0 Å². The summed E-state index contributed by atoms with van der Waals surface area (Å²) in [5.41, 5.74) is 0.870. The van der Waals surface area contributed by atoms with Crippen molar-refractivity contribution in [1.29, 1.82) is 0 Å². The molecule has 0 aliphatic carbocycles. The summed E-state index contributed by atoms with van der Waals surface area (Å²) in [6, 6.07) is 14.3. The van der Waals surface area contributed by atoms with Gasteiger partial charge in [-0.2, -0.15) is 4.31 Å². The molecule has 2 aliphatic rings. The molecule has 5 rings (SSSR count). The minimum absolute atomic E-state index is 0.113. The van der Waals surface area contributed by atoms with Gasteiger partial charge < -0.3 is 13.9 Å². The van der Waals surface area contributed by atoms with Gasteiger partial charge in [-0.05, 0) is 31.2 Å². The monoisotopic (exact) mass is 470 g/mol. The first-order chi connectivity index (χ1) is 16.0. The third kappa shape index (κ3) is 4.46. The van der Waals surface area contributed by atoms with E-state index in [2.05, 4.69) is 15.1 Å². The van der Waals surface area contributed by atoms with Crippen molar-refractivity contribution < 1.29 is 22.3 Å².